The number of rotatable bonds is 7. The van der Waals surface area contributed by atoms with Crippen molar-refractivity contribution in [1.82, 2.24) is 0 Å². The van der Waals surface area contributed by atoms with Crippen LogP contribution in [0.2, 0.25) is 0 Å². The molecule has 0 saturated carbocycles. The average molecular weight is 801 g/mol. The maximum Gasteiger partial charge on any atom is 0.0520 e. The van der Waals surface area contributed by atoms with Crippen LogP contribution in [0.4, 0.5) is 28.4 Å². The predicted molar refractivity (Wildman–Crippen MR) is 260 cm³/mol. The topological polar surface area (TPSA) is 6.48 Å². The first-order chi connectivity index (χ1) is 28.7. The van der Waals surface area contributed by atoms with Crippen molar-refractivity contribution in [1.29, 1.82) is 0 Å². The van der Waals surface area contributed by atoms with Crippen molar-refractivity contribution in [3.8, 4) is 0 Å². The molecule has 0 bridgehead atoms. The number of fused-ring (bicyclic) bond motifs is 6. The Balaban J connectivity index is 1.10. The summed E-state index contributed by atoms with van der Waals surface area (Å²) in [5.74, 6) is 0.553. The lowest BCUT2D eigenvalue weighted by Crippen LogP contribution is -2.29. The van der Waals surface area contributed by atoms with Crippen LogP contribution in [0.1, 0.15) is 48.6 Å². The largest absolute Gasteiger partial charge is 0.313 e. The molecule has 2 atom stereocenters. The zero-order chi connectivity index (χ0) is 40.5. The molecule has 7 aromatic carbocycles. The molecule has 2 heterocycles. The quantitative estimate of drug-likeness (QED) is 0.158. The molecule has 290 valence electrons. The van der Waals surface area contributed by atoms with Crippen LogP contribution in [0.25, 0.3) is 45.9 Å². The molecule has 0 radical (unpaired) electrons. The number of thiophene rings is 2. The van der Waals surface area contributed by atoms with E-state index in [1.54, 1.807) is 0 Å². The average Bonchev–Trinajstić information content (AvgIpc) is 3.80. The summed E-state index contributed by atoms with van der Waals surface area (Å²) in [4.78, 5) is 5.05. The highest BCUT2D eigenvalue weighted by Crippen LogP contribution is 2.49. The number of hydrogen-bond acceptors (Lipinski definition) is 4. The van der Waals surface area contributed by atoms with Gasteiger partial charge in [0.2, 0.25) is 0 Å². The molecule has 0 N–H and O–H groups in total. The third kappa shape index (κ3) is 6.29. The van der Waals surface area contributed by atoms with Gasteiger partial charge in [0.05, 0.1) is 5.69 Å². The predicted octanol–water partition coefficient (Wildman–Crippen LogP) is 16.9. The van der Waals surface area contributed by atoms with Crippen LogP contribution >= 0.6 is 22.7 Å². The summed E-state index contributed by atoms with van der Waals surface area (Å²) in [7, 11) is 0. The van der Waals surface area contributed by atoms with Crippen molar-refractivity contribution in [2.75, 3.05) is 9.80 Å². The zero-order valence-corrected chi connectivity index (χ0v) is 36.4. The van der Waals surface area contributed by atoms with Crippen LogP contribution in [0.15, 0.2) is 163 Å². The second kappa shape index (κ2) is 14.7. The first-order valence-corrected chi connectivity index (χ1v) is 22.4. The number of allylic oxidation sites excluding steroid dienone is 4. The molecule has 2 aromatic heterocycles. The molecular formula is C55H48N2S2. The van der Waals surface area contributed by atoms with Gasteiger partial charge in [-0.05, 0) is 152 Å². The summed E-state index contributed by atoms with van der Waals surface area (Å²) in [5, 5.41) is 5.28. The summed E-state index contributed by atoms with van der Waals surface area (Å²) in [6.45, 7) is 16.2. The van der Waals surface area contributed by atoms with Crippen molar-refractivity contribution in [3.63, 3.8) is 0 Å². The Hall–Kier alpha value is -5.94. The molecule has 2 nitrogen and oxygen atoms in total. The van der Waals surface area contributed by atoms with E-state index < -0.39 is 0 Å². The highest BCUT2D eigenvalue weighted by Gasteiger charge is 2.33. The molecule has 1 aliphatic rings. The molecular weight excluding hydrogens is 753 g/mol. The molecule has 0 spiro atoms. The molecule has 0 aliphatic heterocycles. The maximum atomic E-state index is 2.55. The molecule has 4 heteroatoms. The normalized spacial score (nSPS) is 15.7. The number of hydrogen-bond donors (Lipinski definition) is 0. The molecule has 1 unspecified atom stereocenters. The van der Waals surface area contributed by atoms with E-state index in [2.05, 4.69) is 210 Å². The van der Waals surface area contributed by atoms with E-state index >= 15 is 0 Å². The van der Waals surface area contributed by atoms with E-state index in [9.17, 15) is 0 Å². The third-order valence-corrected chi connectivity index (χ3v) is 15.0. The van der Waals surface area contributed by atoms with Crippen LogP contribution in [0.5, 0.6) is 0 Å². The standard InChI is InChI=1S/C55H48N2S2/c1-33-16-8-12-20-48(33)56(41-24-26-52-46(31-41)43-18-10-14-22-50(43)58-52)54-35(3)28-40(29-36(54)4)45-30-37(5)55(39(7)38(45)6)57(49-21-13-9-17-34(49)2)42-25-27-53-47(32-42)44-19-11-15-23-51(44)59-53/h8-32,38-39H,1-7H3/t38-,39?/m1/s1. The van der Waals surface area contributed by atoms with Gasteiger partial charge in [0.1, 0.15) is 0 Å². The summed E-state index contributed by atoms with van der Waals surface area (Å²) >= 11 is 3.75. The third-order valence-electron chi connectivity index (χ3n) is 12.7. The Labute approximate surface area is 356 Å². The Bertz CT molecular complexity index is 3150. The van der Waals surface area contributed by atoms with Crippen molar-refractivity contribution in [2.45, 2.75) is 48.5 Å². The highest BCUT2D eigenvalue weighted by molar-refractivity contribution is 7.26. The Morgan fingerprint density at radius 1 is 0.424 bits per heavy atom. The van der Waals surface area contributed by atoms with Crippen molar-refractivity contribution in [3.05, 3.63) is 191 Å². The number of nitrogens with zero attached hydrogens (tertiary/aromatic N) is 2. The first-order valence-electron chi connectivity index (χ1n) is 20.7. The van der Waals surface area contributed by atoms with Crippen molar-refractivity contribution >= 4 is 97.0 Å². The molecule has 59 heavy (non-hydrogen) atoms. The molecule has 0 saturated heterocycles. The van der Waals surface area contributed by atoms with E-state index in [0.29, 0.717) is 0 Å². The second-order valence-electron chi connectivity index (χ2n) is 16.5. The van der Waals surface area contributed by atoms with Gasteiger partial charge in [-0.3, -0.25) is 0 Å². The Morgan fingerprint density at radius 2 is 0.881 bits per heavy atom. The maximum absolute atomic E-state index is 2.55. The van der Waals surface area contributed by atoms with Crippen LogP contribution in [0, 0.1) is 39.5 Å². The molecule has 9 aromatic rings. The lowest BCUT2D eigenvalue weighted by molar-refractivity contribution is 0.524. The minimum atomic E-state index is 0.264. The van der Waals surface area contributed by atoms with E-state index in [0.717, 1.165) is 0 Å². The van der Waals surface area contributed by atoms with Gasteiger partial charge in [-0.2, -0.15) is 0 Å². The molecule has 10 rings (SSSR count). The first kappa shape index (κ1) is 37.3. The zero-order valence-electron chi connectivity index (χ0n) is 34.8. The van der Waals surface area contributed by atoms with Crippen LogP contribution in [-0.4, -0.2) is 0 Å². The highest BCUT2D eigenvalue weighted by atomic mass is 32.1. The van der Waals surface area contributed by atoms with Crippen LogP contribution < -0.4 is 9.80 Å². The van der Waals surface area contributed by atoms with Gasteiger partial charge in [0.25, 0.3) is 0 Å². The summed E-state index contributed by atoms with van der Waals surface area (Å²) in [6, 6.07) is 54.2. The van der Waals surface area contributed by atoms with Gasteiger partial charge >= 0.3 is 0 Å². The Kier molecular flexibility index (Phi) is 9.31. The van der Waals surface area contributed by atoms with Crippen molar-refractivity contribution in [2.24, 2.45) is 11.8 Å². The van der Waals surface area contributed by atoms with Gasteiger partial charge < -0.3 is 9.80 Å². The number of para-hydroxylation sites is 2. The number of benzene rings is 7. The van der Waals surface area contributed by atoms with Gasteiger partial charge in [0, 0.05) is 74.7 Å². The second-order valence-corrected chi connectivity index (χ2v) is 18.7. The van der Waals surface area contributed by atoms with Crippen LogP contribution in [0.3, 0.4) is 0 Å². The van der Waals surface area contributed by atoms with Crippen LogP contribution in [-0.2, 0) is 0 Å². The lowest BCUT2D eigenvalue weighted by atomic mass is 9.76. The summed E-state index contributed by atoms with van der Waals surface area (Å²) in [5.41, 5.74) is 16.5. The van der Waals surface area contributed by atoms with Gasteiger partial charge in [0.15, 0.2) is 0 Å². The van der Waals surface area contributed by atoms with E-state index in [1.165, 1.54) is 113 Å². The van der Waals surface area contributed by atoms with Gasteiger partial charge in [-0.25, -0.2) is 0 Å². The van der Waals surface area contributed by atoms with Crippen molar-refractivity contribution < 1.29 is 0 Å². The fourth-order valence-electron chi connectivity index (χ4n) is 9.64. The summed E-state index contributed by atoms with van der Waals surface area (Å²) < 4.78 is 5.31. The lowest BCUT2D eigenvalue weighted by Gasteiger charge is -2.39. The number of aryl methyl sites for hydroxylation is 4. The fraction of sp³-hybridized carbons (Fsp3) is 0.164. The van der Waals surface area contributed by atoms with Gasteiger partial charge in [-0.15, -0.1) is 22.7 Å². The SMILES string of the molecule is CC1=C(N(c2ccc3sc4ccccc4c3c2)c2ccccc2C)C(C)[C@@H](C)C(c2cc(C)c(N(c3ccc4sc5ccccc5c4c3)c3ccccc3C)c(C)c2)=C1. The van der Waals surface area contributed by atoms with E-state index in [4.69, 9.17) is 0 Å². The summed E-state index contributed by atoms with van der Waals surface area (Å²) in [6.07, 6.45) is 2.48. The smallest absolute Gasteiger partial charge is 0.0520 e. The van der Waals surface area contributed by atoms with Gasteiger partial charge in [-0.1, -0.05) is 92.7 Å². The number of anilines is 5. The minimum absolute atomic E-state index is 0.264. The fourth-order valence-corrected chi connectivity index (χ4v) is 11.8. The monoisotopic (exact) mass is 800 g/mol. The molecule has 0 fully saturated rings. The molecule has 1 aliphatic carbocycles. The Morgan fingerprint density at radius 3 is 1.42 bits per heavy atom. The van der Waals surface area contributed by atoms with E-state index in [-0.39, 0.29) is 11.8 Å². The minimum Gasteiger partial charge on any atom is -0.313 e. The molecule has 0 amide bonds. The van der Waals surface area contributed by atoms with E-state index in [1.807, 2.05) is 22.7 Å².